The second-order valence-corrected chi connectivity index (χ2v) is 8.55. The van der Waals surface area contributed by atoms with E-state index in [1.165, 1.54) is 9.13 Å². The molecule has 0 saturated carbocycles. The lowest BCUT2D eigenvalue weighted by Crippen LogP contribution is -2.40. The van der Waals surface area contributed by atoms with Crippen LogP contribution in [0, 0.1) is 5.92 Å². The van der Waals surface area contributed by atoms with E-state index in [0.29, 0.717) is 28.7 Å². The normalized spacial score (nSPS) is 16.0. The first-order valence-electron chi connectivity index (χ1n) is 10.2. The lowest BCUT2D eigenvalue weighted by Gasteiger charge is -2.33. The van der Waals surface area contributed by atoms with Crippen molar-refractivity contribution in [2.24, 2.45) is 13.0 Å². The molecule has 1 aliphatic heterocycles. The number of anilines is 2. The fourth-order valence-electron chi connectivity index (χ4n) is 4.27. The summed E-state index contributed by atoms with van der Waals surface area (Å²) in [5, 5.41) is 0.635. The monoisotopic (exact) mass is 435 g/mol. The van der Waals surface area contributed by atoms with Crippen LogP contribution in [0.1, 0.15) is 12.5 Å². The Morgan fingerprint density at radius 1 is 1.06 bits per heavy atom. The number of nitrogens with zero attached hydrogens (tertiary/aromatic N) is 5. The Kier molecular flexibility index (Phi) is 4.70. The minimum absolute atomic E-state index is 0.219. The number of benzene rings is 2. The number of rotatable bonds is 3. The molecule has 0 saturated heterocycles. The van der Waals surface area contributed by atoms with E-state index >= 15 is 0 Å². The predicted octanol–water partition coefficient (Wildman–Crippen LogP) is 3.39. The molecule has 0 amide bonds. The van der Waals surface area contributed by atoms with E-state index in [0.717, 1.165) is 17.8 Å². The maximum Gasteiger partial charge on any atom is 0.332 e. The smallest absolute Gasteiger partial charge is 0.312 e. The summed E-state index contributed by atoms with van der Waals surface area (Å²) in [6.07, 6.45) is 0. The molecule has 4 aromatic rings. The molecule has 0 radical (unpaired) electrons. The van der Waals surface area contributed by atoms with Crippen LogP contribution in [-0.4, -0.2) is 25.2 Å². The molecular formula is C23H22ClN5O2. The average molecular weight is 436 g/mol. The molecule has 158 valence electrons. The van der Waals surface area contributed by atoms with Crippen LogP contribution in [0.3, 0.4) is 0 Å². The van der Waals surface area contributed by atoms with Gasteiger partial charge in [0.2, 0.25) is 5.95 Å². The Morgan fingerprint density at radius 2 is 1.84 bits per heavy atom. The zero-order valence-corrected chi connectivity index (χ0v) is 18.1. The SMILES string of the molecule is C[C@@H]1CN(c2cccc(Cl)c2)c2nc3c(c(=O)n(Cc4ccccc4)c(=O)n3C)n2C1. The summed E-state index contributed by atoms with van der Waals surface area (Å²) in [6, 6.07) is 17.1. The van der Waals surface area contributed by atoms with Crippen molar-refractivity contribution in [3.63, 3.8) is 0 Å². The summed E-state index contributed by atoms with van der Waals surface area (Å²) in [7, 11) is 1.66. The molecule has 31 heavy (non-hydrogen) atoms. The zero-order valence-electron chi connectivity index (χ0n) is 17.3. The standard InChI is InChI=1S/C23H22ClN5O2/c1-15-12-27(18-10-6-9-17(24)11-18)22-25-20-19(28(22)13-15)21(30)29(23(31)26(20)2)14-16-7-4-3-5-8-16/h3-11,15H,12-14H2,1-2H3/t15-/m1/s1. The van der Waals surface area contributed by atoms with Gasteiger partial charge in [-0.2, -0.15) is 4.98 Å². The van der Waals surface area contributed by atoms with Crippen molar-refractivity contribution >= 4 is 34.4 Å². The third-order valence-electron chi connectivity index (χ3n) is 5.75. The highest BCUT2D eigenvalue weighted by Gasteiger charge is 2.29. The molecule has 7 nitrogen and oxygen atoms in total. The summed E-state index contributed by atoms with van der Waals surface area (Å²) < 4.78 is 4.69. The van der Waals surface area contributed by atoms with Gasteiger partial charge in [-0.15, -0.1) is 0 Å². The Bertz CT molecular complexity index is 1400. The molecule has 8 heteroatoms. The first-order chi connectivity index (χ1) is 14.9. The largest absolute Gasteiger partial charge is 0.332 e. The maximum absolute atomic E-state index is 13.5. The van der Waals surface area contributed by atoms with Crippen LogP contribution in [0.5, 0.6) is 0 Å². The van der Waals surface area contributed by atoms with Gasteiger partial charge in [0.1, 0.15) is 0 Å². The van der Waals surface area contributed by atoms with E-state index in [9.17, 15) is 9.59 Å². The minimum atomic E-state index is -0.376. The van der Waals surface area contributed by atoms with Crippen LogP contribution in [0.25, 0.3) is 11.2 Å². The number of halogens is 1. The van der Waals surface area contributed by atoms with Crippen molar-refractivity contribution in [3.8, 4) is 0 Å². The number of aryl methyl sites for hydroxylation is 1. The molecular weight excluding hydrogens is 414 g/mol. The lowest BCUT2D eigenvalue weighted by atomic mass is 10.1. The number of hydrogen-bond donors (Lipinski definition) is 0. The van der Waals surface area contributed by atoms with Crippen molar-refractivity contribution in [3.05, 3.63) is 86.0 Å². The van der Waals surface area contributed by atoms with Crippen LogP contribution in [0.2, 0.25) is 5.02 Å². The highest BCUT2D eigenvalue weighted by atomic mass is 35.5. The predicted molar refractivity (Wildman–Crippen MR) is 122 cm³/mol. The van der Waals surface area contributed by atoms with Crippen LogP contribution in [0.4, 0.5) is 11.6 Å². The maximum atomic E-state index is 13.5. The minimum Gasteiger partial charge on any atom is -0.312 e. The number of imidazole rings is 1. The molecule has 2 aromatic heterocycles. The Hall–Kier alpha value is -3.32. The Labute approximate surface area is 183 Å². The first kappa shape index (κ1) is 19.6. The molecule has 0 aliphatic carbocycles. The van der Waals surface area contributed by atoms with Gasteiger partial charge in [-0.25, -0.2) is 4.79 Å². The summed E-state index contributed by atoms with van der Waals surface area (Å²) >= 11 is 6.22. The summed E-state index contributed by atoms with van der Waals surface area (Å²) in [5.41, 5.74) is 1.96. The van der Waals surface area contributed by atoms with E-state index in [-0.39, 0.29) is 23.7 Å². The van der Waals surface area contributed by atoms with Gasteiger partial charge >= 0.3 is 5.69 Å². The van der Waals surface area contributed by atoms with Crippen molar-refractivity contribution in [1.82, 2.24) is 18.7 Å². The van der Waals surface area contributed by atoms with Gasteiger partial charge in [0, 0.05) is 30.8 Å². The summed E-state index contributed by atoms with van der Waals surface area (Å²) in [5.74, 6) is 0.933. The molecule has 3 heterocycles. The van der Waals surface area contributed by atoms with Gasteiger partial charge in [-0.3, -0.25) is 13.9 Å². The number of aromatic nitrogens is 4. The molecule has 0 unspecified atom stereocenters. The quantitative estimate of drug-likeness (QED) is 0.495. The van der Waals surface area contributed by atoms with E-state index in [4.69, 9.17) is 16.6 Å². The van der Waals surface area contributed by atoms with Crippen LogP contribution < -0.4 is 16.1 Å². The fraction of sp³-hybridized carbons (Fsp3) is 0.261. The topological polar surface area (TPSA) is 65.1 Å². The number of fused-ring (bicyclic) bond motifs is 3. The first-order valence-corrected chi connectivity index (χ1v) is 10.6. The van der Waals surface area contributed by atoms with Gasteiger partial charge < -0.3 is 9.47 Å². The van der Waals surface area contributed by atoms with Crippen molar-refractivity contribution in [2.45, 2.75) is 20.0 Å². The Morgan fingerprint density at radius 3 is 2.58 bits per heavy atom. The molecule has 1 aliphatic rings. The molecule has 0 bridgehead atoms. The second kappa shape index (κ2) is 7.42. The summed E-state index contributed by atoms with van der Waals surface area (Å²) in [6.45, 7) is 3.75. The van der Waals surface area contributed by atoms with Gasteiger partial charge in [0.25, 0.3) is 5.56 Å². The van der Waals surface area contributed by atoms with Crippen molar-refractivity contribution in [1.29, 1.82) is 0 Å². The third-order valence-corrected chi connectivity index (χ3v) is 5.98. The van der Waals surface area contributed by atoms with E-state index in [1.54, 1.807) is 7.05 Å². The van der Waals surface area contributed by atoms with Crippen LogP contribution in [-0.2, 0) is 20.1 Å². The van der Waals surface area contributed by atoms with Crippen molar-refractivity contribution < 1.29 is 0 Å². The van der Waals surface area contributed by atoms with Crippen molar-refractivity contribution in [2.75, 3.05) is 11.4 Å². The van der Waals surface area contributed by atoms with Gasteiger partial charge in [0.15, 0.2) is 11.2 Å². The Balaban J connectivity index is 1.74. The van der Waals surface area contributed by atoms with E-state index in [2.05, 4.69) is 11.8 Å². The zero-order chi connectivity index (χ0) is 21.7. The molecule has 0 spiro atoms. The van der Waals surface area contributed by atoms with E-state index < -0.39 is 0 Å². The van der Waals surface area contributed by atoms with Gasteiger partial charge in [0.05, 0.1) is 6.54 Å². The molecule has 1 atom stereocenters. The van der Waals surface area contributed by atoms with Crippen LogP contribution >= 0.6 is 11.6 Å². The van der Waals surface area contributed by atoms with Gasteiger partial charge in [-0.1, -0.05) is 54.9 Å². The molecule has 0 N–H and O–H groups in total. The summed E-state index contributed by atoms with van der Waals surface area (Å²) in [4.78, 5) is 33.3. The third kappa shape index (κ3) is 3.25. The fourth-order valence-corrected chi connectivity index (χ4v) is 4.46. The molecule has 0 fully saturated rings. The van der Waals surface area contributed by atoms with Crippen LogP contribution in [0.15, 0.2) is 64.2 Å². The second-order valence-electron chi connectivity index (χ2n) is 8.11. The average Bonchev–Trinajstić information content (AvgIpc) is 3.15. The lowest BCUT2D eigenvalue weighted by molar-refractivity contribution is 0.458. The highest BCUT2D eigenvalue weighted by Crippen LogP contribution is 2.33. The highest BCUT2D eigenvalue weighted by molar-refractivity contribution is 6.30. The molecule has 5 rings (SSSR count). The van der Waals surface area contributed by atoms with Gasteiger partial charge in [-0.05, 0) is 29.7 Å². The van der Waals surface area contributed by atoms with E-state index in [1.807, 2.05) is 59.2 Å². The molecule has 2 aromatic carbocycles. The number of hydrogen-bond acceptors (Lipinski definition) is 4.